The summed E-state index contributed by atoms with van der Waals surface area (Å²) in [6.07, 6.45) is 0. The van der Waals surface area contributed by atoms with Gasteiger partial charge in [-0.2, -0.15) is 0 Å². The number of benzene rings is 3. The summed E-state index contributed by atoms with van der Waals surface area (Å²) < 4.78 is 10.6. The predicted molar refractivity (Wildman–Crippen MR) is 95.4 cm³/mol. The monoisotopic (exact) mass is 306 g/mol. The second-order valence-corrected chi connectivity index (χ2v) is 5.25. The topological polar surface area (TPSA) is 18.5 Å². The molecule has 0 heterocycles. The first kappa shape index (κ1) is 16.6. The molecule has 0 aliphatic heterocycles. The van der Waals surface area contributed by atoms with Crippen molar-refractivity contribution in [3.8, 4) is 17.2 Å². The summed E-state index contributed by atoms with van der Waals surface area (Å²) in [6.45, 7) is 4.13. The van der Waals surface area contributed by atoms with E-state index in [1.165, 1.54) is 11.1 Å². The fourth-order valence-electron chi connectivity index (χ4n) is 1.91. The maximum Gasteiger partial charge on any atom is 0.127 e. The summed E-state index contributed by atoms with van der Waals surface area (Å²) in [5, 5.41) is 0. The predicted octanol–water partition coefficient (Wildman–Crippen LogP) is 5.79. The Hall–Kier alpha value is -2.74. The van der Waals surface area contributed by atoms with E-state index in [2.05, 4.69) is 13.8 Å². The van der Waals surface area contributed by atoms with Crippen LogP contribution in [0.1, 0.15) is 11.1 Å². The molecule has 118 valence electrons. The zero-order chi connectivity index (χ0) is 16.5. The van der Waals surface area contributed by atoms with Crippen molar-refractivity contribution < 1.29 is 9.47 Å². The lowest BCUT2D eigenvalue weighted by Crippen LogP contribution is -1.84. The van der Waals surface area contributed by atoms with Crippen LogP contribution in [0.15, 0.2) is 78.9 Å². The van der Waals surface area contributed by atoms with Gasteiger partial charge in [-0.05, 0) is 50.2 Å². The van der Waals surface area contributed by atoms with E-state index in [0.29, 0.717) is 0 Å². The average Bonchev–Trinajstić information content (AvgIpc) is 2.60. The molecule has 0 radical (unpaired) electrons. The molecule has 0 aliphatic rings. The Morgan fingerprint density at radius 2 is 0.957 bits per heavy atom. The lowest BCUT2D eigenvalue weighted by atomic mass is 10.2. The van der Waals surface area contributed by atoms with Crippen LogP contribution < -0.4 is 9.47 Å². The van der Waals surface area contributed by atoms with Crippen LogP contribution in [-0.4, -0.2) is 7.11 Å². The van der Waals surface area contributed by atoms with Crippen molar-refractivity contribution in [2.75, 3.05) is 7.11 Å². The van der Waals surface area contributed by atoms with Crippen LogP contribution >= 0.6 is 0 Å². The maximum atomic E-state index is 5.69. The number of methoxy groups -OCH3 is 1. The van der Waals surface area contributed by atoms with Crippen molar-refractivity contribution in [2.45, 2.75) is 13.8 Å². The van der Waals surface area contributed by atoms with E-state index in [1.54, 1.807) is 7.11 Å². The largest absolute Gasteiger partial charge is 0.497 e. The van der Waals surface area contributed by atoms with E-state index in [-0.39, 0.29) is 0 Å². The van der Waals surface area contributed by atoms with Crippen LogP contribution in [0, 0.1) is 13.8 Å². The first-order chi connectivity index (χ1) is 11.2. The summed E-state index contributed by atoms with van der Waals surface area (Å²) in [6, 6.07) is 25.8. The van der Waals surface area contributed by atoms with E-state index in [9.17, 15) is 0 Å². The van der Waals surface area contributed by atoms with Crippen LogP contribution in [0.2, 0.25) is 0 Å². The fourth-order valence-corrected chi connectivity index (χ4v) is 1.91. The van der Waals surface area contributed by atoms with Crippen molar-refractivity contribution >= 4 is 0 Å². The molecule has 0 spiro atoms. The van der Waals surface area contributed by atoms with Gasteiger partial charge in [-0.15, -0.1) is 0 Å². The van der Waals surface area contributed by atoms with Crippen LogP contribution in [0.3, 0.4) is 0 Å². The number of aryl methyl sites for hydroxylation is 2. The smallest absolute Gasteiger partial charge is 0.127 e. The Labute approximate surface area is 138 Å². The van der Waals surface area contributed by atoms with Gasteiger partial charge < -0.3 is 9.47 Å². The Morgan fingerprint density at radius 3 is 1.30 bits per heavy atom. The number of rotatable bonds is 3. The van der Waals surface area contributed by atoms with Crippen LogP contribution in [0.25, 0.3) is 0 Å². The van der Waals surface area contributed by atoms with Gasteiger partial charge in [0.15, 0.2) is 0 Å². The summed E-state index contributed by atoms with van der Waals surface area (Å²) in [7, 11) is 1.66. The minimum Gasteiger partial charge on any atom is -0.497 e. The molecule has 0 atom stereocenters. The molecule has 0 saturated carbocycles. The molecule has 3 aromatic rings. The molecule has 23 heavy (non-hydrogen) atoms. The highest BCUT2D eigenvalue weighted by atomic mass is 16.5. The van der Waals surface area contributed by atoms with E-state index in [1.807, 2.05) is 78.9 Å². The lowest BCUT2D eigenvalue weighted by Gasteiger charge is -2.05. The van der Waals surface area contributed by atoms with E-state index >= 15 is 0 Å². The van der Waals surface area contributed by atoms with Crippen LogP contribution in [0.4, 0.5) is 0 Å². The Bertz CT molecular complexity index is 643. The Kier molecular flexibility index (Phi) is 6.25. The van der Waals surface area contributed by atoms with Crippen LogP contribution in [0.5, 0.6) is 17.2 Å². The molecular weight excluding hydrogens is 284 g/mol. The van der Waals surface area contributed by atoms with Crippen molar-refractivity contribution in [1.29, 1.82) is 0 Å². The third-order valence-electron chi connectivity index (χ3n) is 3.26. The van der Waals surface area contributed by atoms with Crippen molar-refractivity contribution in [2.24, 2.45) is 0 Å². The van der Waals surface area contributed by atoms with Crippen LogP contribution in [-0.2, 0) is 0 Å². The molecule has 2 nitrogen and oxygen atoms in total. The third-order valence-corrected chi connectivity index (χ3v) is 3.26. The van der Waals surface area contributed by atoms with Gasteiger partial charge >= 0.3 is 0 Å². The molecule has 0 saturated heterocycles. The molecule has 0 unspecified atom stereocenters. The average molecular weight is 306 g/mol. The number of para-hydroxylation sites is 1. The minimum absolute atomic E-state index is 0.879. The van der Waals surface area contributed by atoms with Gasteiger partial charge in [0.1, 0.15) is 17.2 Å². The molecule has 0 amide bonds. The third kappa shape index (κ3) is 5.87. The van der Waals surface area contributed by atoms with Gasteiger partial charge in [0.2, 0.25) is 0 Å². The molecule has 2 heteroatoms. The van der Waals surface area contributed by atoms with Gasteiger partial charge in [-0.1, -0.05) is 53.6 Å². The molecule has 0 aliphatic carbocycles. The maximum absolute atomic E-state index is 5.69. The quantitative estimate of drug-likeness (QED) is 0.609. The van der Waals surface area contributed by atoms with Gasteiger partial charge in [0.05, 0.1) is 7.11 Å². The molecule has 0 N–H and O–H groups in total. The summed E-state index contributed by atoms with van der Waals surface area (Å²) >= 11 is 0. The molecule has 0 bridgehead atoms. The SMILES string of the molecule is COc1ccccc1.Cc1ccc(Oc2ccc(C)cc2)cc1. The standard InChI is InChI=1S/C14H14O.C7H8O/c1-11-3-7-13(8-4-11)15-14-9-5-12(2)6-10-14;1-8-7-5-3-2-4-6-7/h3-10H,1-2H3;2-6H,1H3. The highest BCUT2D eigenvalue weighted by Crippen LogP contribution is 2.21. The van der Waals surface area contributed by atoms with Gasteiger partial charge in [-0.25, -0.2) is 0 Å². The number of hydrogen-bond donors (Lipinski definition) is 0. The summed E-state index contributed by atoms with van der Waals surface area (Å²) in [5.41, 5.74) is 2.48. The number of ether oxygens (including phenoxy) is 2. The van der Waals surface area contributed by atoms with Crippen molar-refractivity contribution in [1.82, 2.24) is 0 Å². The lowest BCUT2D eigenvalue weighted by molar-refractivity contribution is 0.415. The first-order valence-corrected chi connectivity index (χ1v) is 7.57. The van der Waals surface area contributed by atoms with Gasteiger partial charge in [-0.3, -0.25) is 0 Å². The highest BCUT2D eigenvalue weighted by Gasteiger charge is 1.95. The number of hydrogen-bond acceptors (Lipinski definition) is 2. The Balaban J connectivity index is 0.000000203. The van der Waals surface area contributed by atoms with Crippen molar-refractivity contribution in [3.63, 3.8) is 0 Å². The van der Waals surface area contributed by atoms with Gasteiger partial charge in [0.25, 0.3) is 0 Å². The molecule has 0 aromatic heterocycles. The fraction of sp³-hybridized carbons (Fsp3) is 0.143. The second-order valence-electron chi connectivity index (χ2n) is 5.25. The highest BCUT2D eigenvalue weighted by molar-refractivity contribution is 5.33. The normalized spacial score (nSPS) is 9.52. The molecular formula is C21H22O2. The Morgan fingerprint density at radius 1 is 0.522 bits per heavy atom. The summed E-state index contributed by atoms with van der Waals surface area (Å²) in [4.78, 5) is 0. The molecule has 3 rings (SSSR count). The van der Waals surface area contributed by atoms with E-state index in [0.717, 1.165) is 17.2 Å². The molecule has 0 fully saturated rings. The van der Waals surface area contributed by atoms with Crippen molar-refractivity contribution in [3.05, 3.63) is 90.0 Å². The zero-order valence-corrected chi connectivity index (χ0v) is 13.8. The zero-order valence-electron chi connectivity index (χ0n) is 13.8. The second kappa shape index (κ2) is 8.64. The van der Waals surface area contributed by atoms with Gasteiger partial charge in [0, 0.05) is 0 Å². The van der Waals surface area contributed by atoms with E-state index in [4.69, 9.17) is 9.47 Å². The first-order valence-electron chi connectivity index (χ1n) is 7.57. The van der Waals surface area contributed by atoms with E-state index < -0.39 is 0 Å². The summed E-state index contributed by atoms with van der Waals surface area (Å²) in [5.74, 6) is 2.67. The minimum atomic E-state index is 0.879. The molecule has 3 aromatic carbocycles.